The molecule has 1 aromatic heterocycles. The summed E-state index contributed by atoms with van der Waals surface area (Å²) in [5.74, 6) is 0.398. The van der Waals surface area contributed by atoms with Gasteiger partial charge in [-0.2, -0.15) is 0 Å². The highest BCUT2D eigenvalue weighted by Gasteiger charge is 2.23. The van der Waals surface area contributed by atoms with E-state index in [9.17, 15) is 4.79 Å². The van der Waals surface area contributed by atoms with Gasteiger partial charge in [0.2, 0.25) is 0 Å². The largest absolute Gasteiger partial charge is 0.393 e. The fourth-order valence-corrected chi connectivity index (χ4v) is 3.15. The highest BCUT2D eigenvalue weighted by atomic mass is 35.5. The summed E-state index contributed by atoms with van der Waals surface area (Å²) in [7, 11) is 0. The Kier molecular flexibility index (Phi) is 3.57. The predicted molar refractivity (Wildman–Crippen MR) is 81.2 cm³/mol. The molecule has 0 aliphatic heterocycles. The Hall–Kier alpha value is -1.68. The van der Waals surface area contributed by atoms with Gasteiger partial charge in [0.25, 0.3) is 5.56 Å². The van der Waals surface area contributed by atoms with Crippen LogP contribution in [0.1, 0.15) is 42.9 Å². The number of hydrogen-bond donors (Lipinski definition) is 2. The number of anilines is 1. The van der Waals surface area contributed by atoms with Gasteiger partial charge in [0, 0.05) is 10.9 Å². The maximum Gasteiger partial charge on any atom is 0.290 e. The zero-order valence-electron chi connectivity index (χ0n) is 11.2. The average Bonchev–Trinajstić information content (AvgIpc) is 3.05. The SMILES string of the molecule is Nc1c(C2CCCC2)[nH]n(Cc2ccccc2Cl)c1=O. The molecule has 1 heterocycles. The number of hydrogen-bond acceptors (Lipinski definition) is 2. The lowest BCUT2D eigenvalue weighted by molar-refractivity contribution is 0.618. The van der Waals surface area contributed by atoms with Gasteiger partial charge in [0.15, 0.2) is 0 Å². The molecule has 1 aromatic carbocycles. The average molecular weight is 292 g/mol. The Morgan fingerprint density at radius 3 is 2.70 bits per heavy atom. The van der Waals surface area contributed by atoms with Crippen molar-refractivity contribution in [3.63, 3.8) is 0 Å². The van der Waals surface area contributed by atoms with Crippen molar-refractivity contribution < 1.29 is 0 Å². The van der Waals surface area contributed by atoms with Crippen molar-refractivity contribution in [3.8, 4) is 0 Å². The second kappa shape index (κ2) is 5.37. The molecule has 1 fully saturated rings. The van der Waals surface area contributed by atoms with E-state index in [1.807, 2.05) is 24.3 Å². The second-order valence-electron chi connectivity index (χ2n) is 5.40. The third-order valence-electron chi connectivity index (χ3n) is 4.07. The fraction of sp³-hybridized carbons (Fsp3) is 0.400. The van der Waals surface area contributed by atoms with Crippen molar-refractivity contribution in [2.24, 2.45) is 0 Å². The number of nitrogen functional groups attached to an aromatic ring is 1. The van der Waals surface area contributed by atoms with Crippen LogP contribution < -0.4 is 11.3 Å². The monoisotopic (exact) mass is 291 g/mol. The quantitative estimate of drug-likeness (QED) is 0.912. The first kappa shape index (κ1) is 13.3. The lowest BCUT2D eigenvalue weighted by Crippen LogP contribution is -2.19. The molecule has 4 nitrogen and oxygen atoms in total. The molecule has 0 radical (unpaired) electrons. The maximum atomic E-state index is 12.2. The summed E-state index contributed by atoms with van der Waals surface area (Å²) in [6.07, 6.45) is 4.64. The van der Waals surface area contributed by atoms with E-state index < -0.39 is 0 Å². The number of nitrogens with two attached hydrogens (primary N) is 1. The molecular weight excluding hydrogens is 274 g/mol. The predicted octanol–water partition coefficient (Wildman–Crippen LogP) is 3.12. The minimum Gasteiger partial charge on any atom is -0.393 e. The molecule has 0 spiro atoms. The standard InChI is InChI=1S/C15H18ClN3O/c16-12-8-4-3-7-11(12)9-19-15(20)13(17)14(18-19)10-5-1-2-6-10/h3-4,7-8,10,18H,1-2,5-6,9,17H2. The Morgan fingerprint density at radius 1 is 1.30 bits per heavy atom. The number of H-pyrrole nitrogens is 1. The molecule has 1 aliphatic carbocycles. The molecule has 5 heteroatoms. The topological polar surface area (TPSA) is 63.8 Å². The number of halogens is 1. The summed E-state index contributed by atoms with van der Waals surface area (Å²) in [6, 6.07) is 7.53. The van der Waals surface area contributed by atoms with Crippen LogP contribution in [-0.2, 0) is 6.54 Å². The van der Waals surface area contributed by atoms with Crippen LogP contribution in [0, 0.1) is 0 Å². The highest BCUT2D eigenvalue weighted by molar-refractivity contribution is 6.31. The molecule has 3 N–H and O–H groups in total. The van der Waals surface area contributed by atoms with E-state index in [0.29, 0.717) is 23.2 Å². The number of rotatable bonds is 3. The van der Waals surface area contributed by atoms with Crippen molar-refractivity contribution in [3.05, 3.63) is 50.9 Å². The molecule has 20 heavy (non-hydrogen) atoms. The number of nitrogens with zero attached hydrogens (tertiary/aromatic N) is 1. The molecule has 1 saturated carbocycles. The molecular formula is C15H18ClN3O. The van der Waals surface area contributed by atoms with Gasteiger partial charge in [0.1, 0.15) is 5.69 Å². The Morgan fingerprint density at radius 2 is 2.00 bits per heavy atom. The van der Waals surface area contributed by atoms with Crippen LogP contribution in [0.2, 0.25) is 5.02 Å². The van der Waals surface area contributed by atoms with Crippen LogP contribution in [0.4, 0.5) is 5.69 Å². The zero-order valence-corrected chi connectivity index (χ0v) is 12.0. The van der Waals surface area contributed by atoms with Crippen LogP contribution in [0.15, 0.2) is 29.1 Å². The summed E-state index contributed by atoms with van der Waals surface area (Å²) in [6.45, 7) is 0.426. The van der Waals surface area contributed by atoms with Crippen molar-refractivity contribution in [2.45, 2.75) is 38.1 Å². The Labute approximate surface area is 122 Å². The number of aromatic amines is 1. The van der Waals surface area contributed by atoms with Gasteiger partial charge >= 0.3 is 0 Å². The van der Waals surface area contributed by atoms with Crippen molar-refractivity contribution in [2.75, 3.05) is 5.73 Å². The Balaban J connectivity index is 1.93. The smallest absolute Gasteiger partial charge is 0.290 e. The van der Waals surface area contributed by atoms with Gasteiger partial charge in [-0.15, -0.1) is 0 Å². The van der Waals surface area contributed by atoms with E-state index in [4.69, 9.17) is 17.3 Å². The van der Waals surface area contributed by atoms with Gasteiger partial charge in [-0.1, -0.05) is 42.6 Å². The van der Waals surface area contributed by atoms with Gasteiger partial charge in [-0.05, 0) is 24.5 Å². The first-order valence-electron chi connectivity index (χ1n) is 6.98. The van der Waals surface area contributed by atoms with Crippen molar-refractivity contribution in [1.29, 1.82) is 0 Å². The molecule has 106 valence electrons. The van der Waals surface area contributed by atoms with E-state index >= 15 is 0 Å². The van der Waals surface area contributed by atoms with Gasteiger partial charge in [-0.3, -0.25) is 9.89 Å². The lowest BCUT2D eigenvalue weighted by Gasteiger charge is -2.07. The summed E-state index contributed by atoms with van der Waals surface area (Å²) >= 11 is 6.14. The molecule has 0 amide bonds. The first-order valence-corrected chi connectivity index (χ1v) is 7.36. The minimum atomic E-state index is -0.146. The first-order chi connectivity index (χ1) is 9.66. The fourth-order valence-electron chi connectivity index (χ4n) is 2.95. The van der Waals surface area contributed by atoms with Crippen LogP contribution in [0.3, 0.4) is 0 Å². The second-order valence-corrected chi connectivity index (χ2v) is 5.81. The van der Waals surface area contributed by atoms with Crippen LogP contribution in [0.5, 0.6) is 0 Å². The maximum absolute atomic E-state index is 12.2. The number of nitrogens with one attached hydrogen (secondary N) is 1. The molecule has 0 saturated heterocycles. The molecule has 2 aromatic rings. The van der Waals surface area contributed by atoms with Crippen molar-refractivity contribution in [1.82, 2.24) is 9.78 Å². The summed E-state index contributed by atoms with van der Waals surface area (Å²) in [5, 5.41) is 3.85. The summed E-state index contributed by atoms with van der Waals surface area (Å²) in [4.78, 5) is 12.2. The number of benzene rings is 1. The van der Waals surface area contributed by atoms with Gasteiger partial charge in [-0.25, -0.2) is 4.68 Å². The molecule has 1 aliphatic rings. The third-order valence-corrected chi connectivity index (χ3v) is 4.44. The zero-order chi connectivity index (χ0) is 14.1. The van der Waals surface area contributed by atoms with E-state index in [1.54, 1.807) is 4.68 Å². The third kappa shape index (κ3) is 2.36. The molecule has 0 bridgehead atoms. The van der Waals surface area contributed by atoms with E-state index in [-0.39, 0.29) is 5.56 Å². The van der Waals surface area contributed by atoms with Crippen LogP contribution in [-0.4, -0.2) is 9.78 Å². The van der Waals surface area contributed by atoms with Crippen molar-refractivity contribution >= 4 is 17.3 Å². The summed E-state index contributed by atoms with van der Waals surface area (Å²) in [5.41, 5.74) is 8.01. The number of aromatic nitrogens is 2. The van der Waals surface area contributed by atoms with Crippen LogP contribution in [0.25, 0.3) is 0 Å². The minimum absolute atomic E-state index is 0.146. The Bertz CT molecular complexity index is 668. The van der Waals surface area contributed by atoms with Gasteiger partial charge < -0.3 is 5.73 Å². The van der Waals surface area contributed by atoms with E-state index in [2.05, 4.69) is 5.10 Å². The highest BCUT2D eigenvalue weighted by Crippen LogP contribution is 2.34. The van der Waals surface area contributed by atoms with E-state index in [1.165, 1.54) is 12.8 Å². The molecule has 0 unspecified atom stereocenters. The van der Waals surface area contributed by atoms with Crippen LogP contribution >= 0.6 is 11.6 Å². The summed E-state index contributed by atoms with van der Waals surface area (Å²) < 4.78 is 1.56. The molecule has 3 rings (SSSR count). The van der Waals surface area contributed by atoms with Gasteiger partial charge in [0.05, 0.1) is 12.2 Å². The lowest BCUT2D eigenvalue weighted by atomic mass is 10.0. The normalized spacial score (nSPS) is 15.8. The molecule has 0 atom stereocenters. The van der Waals surface area contributed by atoms with E-state index in [0.717, 1.165) is 24.1 Å².